The Hall–Kier alpha value is -0.160. The number of rotatable bonds is 5. The minimum absolute atomic E-state index is 0.566. The molecule has 3 aliphatic heterocycles. The average Bonchev–Trinajstić information content (AvgIpc) is 2.63. The van der Waals surface area contributed by atoms with E-state index >= 15 is 0 Å². The third-order valence-electron chi connectivity index (χ3n) is 7.77. The van der Waals surface area contributed by atoms with Gasteiger partial charge in [0.25, 0.3) is 0 Å². The zero-order chi connectivity index (χ0) is 17.1. The summed E-state index contributed by atoms with van der Waals surface area (Å²) in [5, 5.41) is 3.49. The molecule has 25 heavy (non-hydrogen) atoms. The zero-order valence-electron chi connectivity index (χ0n) is 16.3. The molecule has 1 aliphatic carbocycles. The molecule has 0 aromatic carbocycles. The Kier molecular flexibility index (Phi) is 6.01. The van der Waals surface area contributed by atoms with Gasteiger partial charge >= 0.3 is 0 Å². The summed E-state index contributed by atoms with van der Waals surface area (Å²) in [6.07, 6.45) is 11.7. The van der Waals surface area contributed by atoms with E-state index in [2.05, 4.69) is 15.1 Å². The second-order valence-corrected chi connectivity index (χ2v) is 9.50. The smallest absolute Gasteiger partial charge is 0.0582 e. The molecule has 144 valence electrons. The Morgan fingerprint density at radius 3 is 2.00 bits per heavy atom. The van der Waals surface area contributed by atoms with Crippen molar-refractivity contribution in [1.29, 1.82) is 0 Å². The van der Waals surface area contributed by atoms with Crippen LogP contribution < -0.4 is 5.32 Å². The maximum Gasteiger partial charge on any atom is 0.0582 e. The molecule has 0 aromatic rings. The highest BCUT2D eigenvalue weighted by molar-refractivity contribution is 4.98. The van der Waals surface area contributed by atoms with E-state index in [4.69, 9.17) is 4.74 Å². The van der Waals surface area contributed by atoms with Crippen LogP contribution in [-0.4, -0.2) is 75.4 Å². The molecule has 4 rings (SSSR count). The van der Waals surface area contributed by atoms with Crippen LogP contribution in [-0.2, 0) is 4.74 Å². The number of nitrogens with one attached hydrogen (secondary N) is 1. The van der Waals surface area contributed by atoms with Gasteiger partial charge in [-0.25, -0.2) is 0 Å². The molecule has 1 N–H and O–H groups in total. The summed E-state index contributed by atoms with van der Waals surface area (Å²) in [6, 6.07) is 0. The lowest BCUT2D eigenvalue weighted by atomic mass is 9.61. The lowest BCUT2D eigenvalue weighted by molar-refractivity contribution is -0.0893. The van der Waals surface area contributed by atoms with Crippen molar-refractivity contribution in [2.45, 2.75) is 57.5 Å². The van der Waals surface area contributed by atoms with Crippen LogP contribution in [0, 0.1) is 17.3 Å². The third-order valence-corrected chi connectivity index (χ3v) is 7.77. The highest BCUT2D eigenvalue weighted by Crippen LogP contribution is 2.50. The number of ether oxygens (including phenoxy) is 1. The summed E-state index contributed by atoms with van der Waals surface area (Å²) in [4.78, 5) is 5.54. The van der Waals surface area contributed by atoms with Crippen LogP contribution in [0.3, 0.4) is 0 Å². The van der Waals surface area contributed by atoms with Gasteiger partial charge in [0, 0.05) is 20.2 Å². The van der Waals surface area contributed by atoms with Crippen molar-refractivity contribution >= 4 is 0 Å². The van der Waals surface area contributed by atoms with Crippen LogP contribution in [0.1, 0.15) is 51.4 Å². The second-order valence-electron chi connectivity index (χ2n) is 9.50. The van der Waals surface area contributed by atoms with Gasteiger partial charge in [0.05, 0.1) is 6.10 Å². The van der Waals surface area contributed by atoms with E-state index in [1.807, 2.05) is 7.11 Å². The lowest BCUT2D eigenvalue weighted by Gasteiger charge is -2.52. The molecular formula is C21H39N3O. The van der Waals surface area contributed by atoms with Crippen molar-refractivity contribution in [3.8, 4) is 0 Å². The lowest BCUT2D eigenvalue weighted by Crippen LogP contribution is -2.51. The van der Waals surface area contributed by atoms with E-state index in [0.29, 0.717) is 11.5 Å². The number of piperidine rings is 3. The minimum Gasteiger partial charge on any atom is -0.381 e. The number of hydrogen-bond acceptors (Lipinski definition) is 4. The first-order chi connectivity index (χ1) is 12.2. The van der Waals surface area contributed by atoms with E-state index in [0.717, 1.165) is 11.8 Å². The summed E-state index contributed by atoms with van der Waals surface area (Å²) in [5.74, 6) is 1.90. The van der Waals surface area contributed by atoms with Gasteiger partial charge < -0.3 is 19.9 Å². The summed E-state index contributed by atoms with van der Waals surface area (Å²) in [5.41, 5.74) is 0.662. The molecule has 4 aliphatic rings. The molecule has 4 fully saturated rings. The van der Waals surface area contributed by atoms with Crippen molar-refractivity contribution in [2.75, 3.05) is 59.5 Å². The fraction of sp³-hybridized carbons (Fsp3) is 1.00. The van der Waals surface area contributed by atoms with Crippen LogP contribution in [0.4, 0.5) is 0 Å². The summed E-state index contributed by atoms with van der Waals surface area (Å²) >= 11 is 0. The topological polar surface area (TPSA) is 27.7 Å². The predicted molar refractivity (Wildman–Crippen MR) is 103 cm³/mol. The average molecular weight is 350 g/mol. The highest BCUT2D eigenvalue weighted by Gasteiger charge is 2.46. The second kappa shape index (κ2) is 8.24. The molecule has 0 unspecified atom stereocenters. The zero-order valence-corrected chi connectivity index (χ0v) is 16.3. The molecule has 1 spiro atoms. The normalized spacial score (nSPS) is 30.6. The minimum atomic E-state index is 0.566. The van der Waals surface area contributed by atoms with Gasteiger partial charge in [-0.2, -0.15) is 0 Å². The van der Waals surface area contributed by atoms with Crippen molar-refractivity contribution in [3.05, 3.63) is 0 Å². The maximum absolute atomic E-state index is 5.50. The summed E-state index contributed by atoms with van der Waals surface area (Å²) < 4.78 is 5.50. The largest absolute Gasteiger partial charge is 0.381 e. The fourth-order valence-electron chi connectivity index (χ4n) is 5.84. The number of likely N-dealkylation sites (tertiary alicyclic amines) is 2. The molecule has 0 radical (unpaired) electrons. The van der Waals surface area contributed by atoms with Crippen LogP contribution in [0.15, 0.2) is 0 Å². The van der Waals surface area contributed by atoms with Gasteiger partial charge in [-0.05, 0) is 108 Å². The van der Waals surface area contributed by atoms with Gasteiger partial charge in [-0.3, -0.25) is 0 Å². The Balaban J connectivity index is 1.12. The van der Waals surface area contributed by atoms with Gasteiger partial charge in [0.15, 0.2) is 0 Å². The standard InChI is InChI=1S/C21H39N3O/c1-25-20-14-21(15-20)6-12-24(13-7-21)17-19-4-10-23(11-5-19)16-18-2-8-22-9-3-18/h18-20,22H,2-17H2,1H3. The molecular weight excluding hydrogens is 310 g/mol. The quantitative estimate of drug-likeness (QED) is 0.826. The van der Waals surface area contributed by atoms with Crippen molar-refractivity contribution < 1.29 is 4.74 Å². The van der Waals surface area contributed by atoms with E-state index in [1.165, 1.54) is 104 Å². The molecule has 4 heteroatoms. The Morgan fingerprint density at radius 2 is 1.40 bits per heavy atom. The van der Waals surface area contributed by atoms with E-state index in [9.17, 15) is 0 Å². The van der Waals surface area contributed by atoms with E-state index in [-0.39, 0.29) is 0 Å². The fourth-order valence-corrected chi connectivity index (χ4v) is 5.84. The Morgan fingerprint density at radius 1 is 0.840 bits per heavy atom. The van der Waals surface area contributed by atoms with Gasteiger partial charge in [0.1, 0.15) is 0 Å². The predicted octanol–water partition coefficient (Wildman–Crippen LogP) is 2.59. The van der Waals surface area contributed by atoms with E-state index < -0.39 is 0 Å². The highest BCUT2D eigenvalue weighted by atomic mass is 16.5. The molecule has 4 nitrogen and oxygen atoms in total. The van der Waals surface area contributed by atoms with Gasteiger partial charge in [-0.15, -0.1) is 0 Å². The molecule has 1 saturated carbocycles. The van der Waals surface area contributed by atoms with E-state index in [1.54, 1.807) is 0 Å². The Labute approximate surface area is 154 Å². The van der Waals surface area contributed by atoms with Crippen molar-refractivity contribution in [3.63, 3.8) is 0 Å². The number of hydrogen-bond donors (Lipinski definition) is 1. The first-order valence-electron chi connectivity index (χ1n) is 10.9. The number of nitrogens with zero attached hydrogens (tertiary/aromatic N) is 2. The first kappa shape index (κ1) is 18.2. The summed E-state index contributed by atoms with van der Waals surface area (Å²) in [6.45, 7) is 10.6. The molecule has 0 aromatic heterocycles. The number of methoxy groups -OCH3 is 1. The molecule has 3 saturated heterocycles. The van der Waals surface area contributed by atoms with Crippen LogP contribution in [0.2, 0.25) is 0 Å². The van der Waals surface area contributed by atoms with Crippen molar-refractivity contribution in [1.82, 2.24) is 15.1 Å². The third kappa shape index (κ3) is 4.58. The van der Waals surface area contributed by atoms with Crippen molar-refractivity contribution in [2.24, 2.45) is 17.3 Å². The Bertz CT molecular complexity index is 399. The van der Waals surface area contributed by atoms with Crippen LogP contribution in [0.5, 0.6) is 0 Å². The van der Waals surface area contributed by atoms with Gasteiger partial charge in [0.2, 0.25) is 0 Å². The molecule has 0 amide bonds. The monoisotopic (exact) mass is 349 g/mol. The summed E-state index contributed by atoms with van der Waals surface area (Å²) in [7, 11) is 1.88. The maximum atomic E-state index is 5.50. The van der Waals surface area contributed by atoms with Crippen LogP contribution >= 0.6 is 0 Å². The van der Waals surface area contributed by atoms with Gasteiger partial charge in [-0.1, -0.05) is 0 Å². The first-order valence-corrected chi connectivity index (χ1v) is 10.9. The van der Waals surface area contributed by atoms with Crippen LogP contribution in [0.25, 0.3) is 0 Å². The molecule has 0 atom stereocenters. The molecule has 0 bridgehead atoms. The SMILES string of the molecule is COC1CC2(CCN(CC3CCN(CC4CCNCC4)CC3)CC2)C1. The molecule has 3 heterocycles.